The summed E-state index contributed by atoms with van der Waals surface area (Å²) in [7, 11) is 1.35. The van der Waals surface area contributed by atoms with E-state index in [-0.39, 0.29) is 17.8 Å². The van der Waals surface area contributed by atoms with Crippen LogP contribution >= 0.6 is 0 Å². The van der Waals surface area contributed by atoms with Crippen molar-refractivity contribution in [1.29, 1.82) is 0 Å². The molecule has 9 nitrogen and oxygen atoms in total. The van der Waals surface area contributed by atoms with Gasteiger partial charge >= 0.3 is 5.97 Å². The number of aliphatic imine (C=N–C) groups is 1. The van der Waals surface area contributed by atoms with Crippen LogP contribution in [-0.2, 0) is 20.9 Å². The van der Waals surface area contributed by atoms with Crippen LogP contribution in [0.2, 0.25) is 0 Å². The Morgan fingerprint density at radius 3 is 1.72 bits per heavy atom. The maximum atomic E-state index is 11.8. The molecule has 5 N–H and O–H groups in total. The maximum absolute atomic E-state index is 11.8. The van der Waals surface area contributed by atoms with Gasteiger partial charge in [-0.15, -0.1) is 6.58 Å². The normalized spacial score (nSPS) is 9.98. The highest BCUT2D eigenvalue weighted by Crippen LogP contribution is 2.19. The van der Waals surface area contributed by atoms with E-state index in [1.54, 1.807) is 6.92 Å². The van der Waals surface area contributed by atoms with Gasteiger partial charge in [-0.3, -0.25) is 9.59 Å². The van der Waals surface area contributed by atoms with Crippen LogP contribution in [0.3, 0.4) is 0 Å². The summed E-state index contributed by atoms with van der Waals surface area (Å²) >= 11 is 0. The van der Waals surface area contributed by atoms with Crippen molar-refractivity contribution in [3.8, 4) is 11.5 Å². The van der Waals surface area contributed by atoms with E-state index in [0.717, 1.165) is 55.6 Å². The summed E-state index contributed by atoms with van der Waals surface area (Å²) in [5.74, 6) is 1.24. The molecule has 0 aliphatic heterocycles. The van der Waals surface area contributed by atoms with E-state index in [4.69, 9.17) is 20.9 Å². The number of carbonyl (C=O) groups is 2. The number of hydrogen-bond acceptors (Lipinski definition) is 6. The molecule has 0 aliphatic rings. The van der Waals surface area contributed by atoms with Crippen LogP contribution in [0.15, 0.2) is 83.9 Å². The molecule has 47 heavy (non-hydrogen) atoms. The lowest BCUT2D eigenvalue weighted by atomic mass is 10.1. The Morgan fingerprint density at radius 1 is 0.830 bits per heavy atom. The minimum absolute atomic E-state index is 0.0681. The lowest BCUT2D eigenvalue weighted by Crippen LogP contribution is -2.35. The van der Waals surface area contributed by atoms with Gasteiger partial charge in [0, 0.05) is 13.5 Å². The fourth-order valence-corrected chi connectivity index (χ4v) is 3.14. The van der Waals surface area contributed by atoms with Crippen molar-refractivity contribution in [2.75, 3.05) is 20.3 Å². The fraction of sp³-hybridized carbons (Fsp3) is 0.500. The van der Waals surface area contributed by atoms with Gasteiger partial charge in [0.05, 0.1) is 13.7 Å². The Kier molecular flexibility index (Phi) is 34.7. The number of esters is 1. The molecule has 0 radical (unpaired) electrons. The molecule has 2 aromatic carbocycles. The van der Waals surface area contributed by atoms with Crippen LogP contribution < -0.4 is 26.3 Å². The summed E-state index contributed by atoms with van der Waals surface area (Å²) in [6.45, 7) is 20.5. The van der Waals surface area contributed by atoms with Crippen LogP contribution in [0, 0.1) is 0 Å². The quantitative estimate of drug-likeness (QED) is 0.0578. The van der Waals surface area contributed by atoms with Crippen LogP contribution in [0.25, 0.3) is 0 Å². The monoisotopic (exact) mass is 656 g/mol. The number of benzene rings is 2. The molecule has 0 aliphatic carbocycles. The molecule has 0 aromatic heterocycles. The number of allylic oxidation sites excluding steroid dienone is 3. The summed E-state index contributed by atoms with van der Waals surface area (Å²) in [6.07, 6.45) is 10.5. The summed E-state index contributed by atoms with van der Waals surface area (Å²) in [6, 6.07) is 17.3. The molecule has 266 valence electrons. The van der Waals surface area contributed by atoms with Crippen LogP contribution in [0.4, 0.5) is 0 Å². The number of ether oxygens (including phenoxy) is 3. The lowest BCUT2D eigenvalue weighted by molar-refractivity contribution is -0.138. The molecule has 2 rings (SSSR count). The molecule has 1 amide bonds. The van der Waals surface area contributed by atoms with Gasteiger partial charge in [0.15, 0.2) is 5.96 Å². The van der Waals surface area contributed by atoms with Gasteiger partial charge in [-0.05, 0) is 77.3 Å². The maximum Gasteiger partial charge on any atom is 0.302 e. The Hall–Kier alpha value is -4.27. The molecule has 9 heteroatoms. The SMILES string of the molecule is C/C=C\C.C=C(C)C.CC.CC(N=C(N)N)C(=O)NCCCCCCCCOc1ccc(OCc2ccccc2)cc1.COC(C)=O. The predicted octanol–water partition coefficient (Wildman–Crippen LogP) is 8.13. The van der Waals surface area contributed by atoms with Crippen molar-refractivity contribution in [1.82, 2.24) is 5.32 Å². The molecule has 0 saturated heterocycles. The van der Waals surface area contributed by atoms with Crippen molar-refractivity contribution in [3.05, 3.63) is 84.5 Å². The zero-order chi connectivity index (χ0) is 36.3. The van der Waals surface area contributed by atoms with Gasteiger partial charge in [0.1, 0.15) is 24.1 Å². The molecule has 0 heterocycles. The van der Waals surface area contributed by atoms with E-state index in [1.807, 2.05) is 108 Å². The van der Waals surface area contributed by atoms with Crippen molar-refractivity contribution in [2.24, 2.45) is 16.5 Å². The Balaban J connectivity index is -0.00000108. The van der Waals surface area contributed by atoms with E-state index in [0.29, 0.717) is 19.8 Å². The first-order valence-corrected chi connectivity index (χ1v) is 16.5. The first-order valence-electron chi connectivity index (χ1n) is 16.5. The second-order valence-electron chi connectivity index (χ2n) is 10.3. The number of nitrogens with two attached hydrogens (primary N) is 2. The molecule has 1 unspecified atom stereocenters. The number of carbonyl (C=O) groups excluding carboxylic acids is 2. The summed E-state index contributed by atoms with van der Waals surface area (Å²) in [4.78, 5) is 25.2. The highest BCUT2D eigenvalue weighted by Gasteiger charge is 2.10. The van der Waals surface area contributed by atoms with Crippen LogP contribution in [-0.4, -0.2) is 44.1 Å². The zero-order valence-electron chi connectivity index (χ0n) is 30.6. The number of rotatable bonds is 15. The second-order valence-corrected chi connectivity index (χ2v) is 10.3. The van der Waals surface area contributed by atoms with Gasteiger partial charge in [-0.1, -0.05) is 87.6 Å². The van der Waals surface area contributed by atoms with Crippen LogP contribution in [0.5, 0.6) is 11.5 Å². The first kappa shape index (κ1) is 47.1. The molecule has 0 fully saturated rings. The molecule has 2 aromatic rings. The molecule has 0 bridgehead atoms. The van der Waals surface area contributed by atoms with Gasteiger partial charge in [0.2, 0.25) is 5.91 Å². The molecular weight excluding hydrogens is 592 g/mol. The average molecular weight is 657 g/mol. The number of hydrogen-bond donors (Lipinski definition) is 3. The number of methoxy groups -OCH3 is 1. The van der Waals surface area contributed by atoms with E-state index < -0.39 is 6.04 Å². The lowest BCUT2D eigenvalue weighted by Gasteiger charge is -2.09. The van der Waals surface area contributed by atoms with Gasteiger partial charge in [-0.2, -0.15) is 0 Å². The molecule has 0 spiro atoms. The van der Waals surface area contributed by atoms with Gasteiger partial charge < -0.3 is 31.0 Å². The standard InChI is InChI=1S/C25H36N4O3.2C4H8.C3H6O2.C2H6/c1-20(29-25(26)27)24(30)28-17-9-4-2-3-5-10-18-31-22-13-15-23(16-14-22)32-19-21-11-7-6-8-12-21;1-4(2)3;1-3-4-2;1-3(4)5-2;1-2/h6-8,11-16,20H,2-5,9-10,17-19H2,1H3,(H,28,30)(H4,26,27,29);1H2,2-3H3;3-4H,1-2H3;1-2H3;1-2H3/b;;4-3-;;. The topological polar surface area (TPSA) is 138 Å². The first-order chi connectivity index (χ1) is 22.5. The van der Waals surface area contributed by atoms with Crippen molar-refractivity contribution < 1.29 is 23.8 Å². The zero-order valence-corrected chi connectivity index (χ0v) is 30.6. The number of nitrogens with one attached hydrogen (secondary N) is 1. The van der Waals surface area contributed by atoms with Crippen molar-refractivity contribution in [3.63, 3.8) is 0 Å². The summed E-state index contributed by atoms with van der Waals surface area (Å²) < 4.78 is 15.7. The third-order valence-corrected chi connectivity index (χ3v) is 5.55. The number of amides is 1. The van der Waals surface area contributed by atoms with E-state index in [1.165, 1.54) is 19.6 Å². The fourth-order valence-electron chi connectivity index (χ4n) is 3.14. The minimum Gasteiger partial charge on any atom is -0.494 e. The summed E-state index contributed by atoms with van der Waals surface area (Å²) in [5, 5.41) is 2.85. The predicted molar refractivity (Wildman–Crippen MR) is 199 cm³/mol. The largest absolute Gasteiger partial charge is 0.494 e. The van der Waals surface area contributed by atoms with Crippen LogP contribution in [0.1, 0.15) is 99.5 Å². The Morgan fingerprint density at radius 2 is 1.28 bits per heavy atom. The number of nitrogens with zero attached hydrogens (tertiary/aromatic N) is 1. The van der Waals surface area contributed by atoms with Crippen molar-refractivity contribution >= 4 is 17.8 Å². The third kappa shape index (κ3) is 36.1. The second kappa shape index (κ2) is 34.6. The Labute approximate surface area is 285 Å². The molecular formula is C38H64N4O5. The Bertz CT molecular complexity index is 1080. The third-order valence-electron chi connectivity index (χ3n) is 5.55. The number of guanidine groups is 1. The summed E-state index contributed by atoms with van der Waals surface area (Å²) in [5.41, 5.74) is 12.9. The van der Waals surface area contributed by atoms with E-state index in [9.17, 15) is 9.59 Å². The van der Waals surface area contributed by atoms with Crippen molar-refractivity contribution in [2.45, 2.75) is 107 Å². The average Bonchev–Trinajstić information content (AvgIpc) is 3.06. The van der Waals surface area contributed by atoms with E-state index >= 15 is 0 Å². The highest BCUT2D eigenvalue weighted by atomic mass is 16.5. The number of unbranched alkanes of at least 4 members (excludes halogenated alkanes) is 5. The molecule has 0 saturated carbocycles. The van der Waals surface area contributed by atoms with E-state index in [2.05, 4.69) is 21.6 Å². The smallest absolute Gasteiger partial charge is 0.302 e. The highest BCUT2D eigenvalue weighted by molar-refractivity contribution is 5.85. The molecule has 1 atom stereocenters. The van der Waals surface area contributed by atoms with Gasteiger partial charge in [-0.25, -0.2) is 4.99 Å². The minimum atomic E-state index is -0.544. The van der Waals surface area contributed by atoms with Gasteiger partial charge in [0.25, 0.3) is 0 Å².